The van der Waals surface area contributed by atoms with Gasteiger partial charge in [-0.3, -0.25) is 9.69 Å². The summed E-state index contributed by atoms with van der Waals surface area (Å²) in [6, 6.07) is 13.0. The maximum Gasteiger partial charge on any atom is 0.416 e. The molecule has 0 spiro atoms. The van der Waals surface area contributed by atoms with Gasteiger partial charge in [-0.1, -0.05) is 19.1 Å². The summed E-state index contributed by atoms with van der Waals surface area (Å²) in [5, 5.41) is 7.75. The Morgan fingerprint density at radius 1 is 1.00 bits per heavy atom. The van der Waals surface area contributed by atoms with Gasteiger partial charge in [-0.25, -0.2) is 9.97 Å². The van der Waals surface area contributed by atoms with Crippen LogP contribution in [0.4, 0.5) is 24.7 Å². The van der Waals surface area contributed by atoms with Crippen LogP contribution in [-0.4, -0.2) is 43.5 Å². The summed E-state index contributed by atoms with van der Waals surface area (Å²) >= 11 is 0. The molecule has 1 N–H and O–H groups in total. The summed E-state index contributed by atoms with van der Waals surface area (Å²) in [7, 11) is 0. The highest BCUT2D eigenvalue weighted by Crippen LogP contribution is 2.32. The zero-order valence-electron chi connectivity index (χ0n) is 22.5. The lowest BCUT2D eigenvalue weighted by molar-refractivity contribution is -0.137. The largest absolute Gasteiger partial charge is 0.416 e. The van der Waals surface area contributed by atoms with Gasteiger partial charge in [0.15, 0.2) is 11.6 Å². The van der Waals surface area contributed by atoms with Crippen molar-refractivity contribution in [1.82, 2.24) is 24.6 Å². The van der Waals surface area contributed by atoms with Gasteiger partial charge in [-0.15, -0.1) is 0 Å². The molecule has 0 amide bonds. The maximum absolute atomic E-state index is 13.7. The predicted octanol–water partition coefficient (Wildman–Crippen LogP) is 6.32. The molecule has 40 heavy (non-hydrogen) atoms. The molecule has 0 atom stereocenters. The van der Waals surface area contributed by atoms with Crippen LogP contribution < -0.4 is 5.32 Å². The van der Waals surface area contributed by atoms with E-state index in [1.807, 2.05) is 44.2 Å². The third-order valence-corrected chi connectivity index (χ3v) is 7.11. The molecule has 2 aromatic carbocycles. The Balaban J connectivity index is 1.37. The Hall–Kier alpha value is -4.05. The third-order valence-electron chi connectivity index (χ3n) is 7.11. The van der Waals surface area contributed by atoms with Crippen molar-refractivity contribution in [3.8, 4) is 5.82 Å². The summed E-state index contributed by atoms with van der Waals surface area (Å²) in [6.07, 6.45) is 1.45. The van der Waals surface area contributed by atoms with Crippen molar-refractivity contribution in [2.45, 2.75) is 52.3 Å². The van der Waals surface area contributed by atoms with Crippen LogP contribution in [0.1, 0.15) is 58.1 Å². The van der Waals surface area contributed by atoms with Crippen molar-refractivity contribution in [1.29, 1.82) is 0 Å². The van der Waals surface area contributed by atoms with Crippen LogP contribution in [0.15, 0.2) is 61.1 Å². The van der Waals surface area contributed by atoms with E-state index in [0.29, 0.717) is 29.3 Å². The number of aryl methyl sites for hydroxylation is 2. The highest BCUT2D eigenvalue weighted by Gasteiger charge is 2.32. The van der Waals surface area contributed by atoms with Crippen LogP contribution in [0.5, 0.6) is 0 Å². The summed E-state index contributed by atoms with van der Waals surface area (Å²) in [6.45, 7) is 6.07. The average Bonchev–Trinajstić information content (AvgIpc) is 3.62. The van der Waals surface area contributed by atoms with Crippen molar-refractivity contribution in [3.63, 3.8) is 0 Å². The summed E-state index contributed by atoms with van der Waals surface area (Å²) < 4.78 is 42.7. The predicted molar refractivity (Wildman–Crippen MR) is 147 cm³/mol. The number of hydrogen-bond donors (Lipinski definition) is 1. The van der Waals surface area contributed by atoms with Crippen molar-refractivity contribution in [2.24, 2.45) is 0 Å². The quantitative estimate of drug-likeness (QED) is 0.247. The molecule has 2 aromatic heterocycles. The third kappa shape index (κ3) is 6.39. The molecule has 0 unspecified atom stereocenters. The number of carbonyl (C=O) groups is 1. The molecule has 0 saturated carbocycles. The average molecular weight is 549 g/mol. The van der Waals surface area contributed by atoms with Gasteiger partial charge >= 0.3 is 6.18 Å². The summed E-state index contributed by atoms with van der Waals surface area (Å²) in [4.78, 5) is 24.0. The van der Waals surface area contributed by atoms with E-state index < -0.39 is 11.7 Å². The van der Waals surface area contributed by atoms with Crippen molar-refractivity contribution in [2.75, 3.05) is 18.4 Å². The number of anilines is 2. The lowest BCUT2D eigenvalue weighted by Crippen LogP contribution is -2.19. The first-order valence-electron chi connectivity index (χ1n) is 13.4. The standard InChI is InChI=1S/C30H31F3N6O/c1-3-25-17-29(35-19-34-25)39-28(8-9-36-39)37-26-14-21(7-6-20(26)2)15-27(40)23-12-22(18-38-10-4-5-11-38)13-24(16-23)30(31,32)33/h6-9,12-14,16-17,19,37H,3-5,10-11,15,18H2,1-2H3. The fraction of sp³-hybridized carbons (Fsp3) is 0.333. The number of likely N-dealkylation sites (tertiary alicyclic amines) is 1. The zero-order valence-corrected chi connectivity index (χ0v) is 22.5. The van der Waals surface area contributed by atoms with Crippen LogP contribution in [0.2, 0.25) is 0 Å². The fourth-order valence-corrected chi connectivity index (χ4v) is 4.92. The van der Waals surface area contributed by atoms with Crippen LogP contribution in [0.25, 0.3) is 5.82 Å². The zero-order chi connectivity index (χ0) is 28.3. The van der Waals surface area contributed by atoms with Gasteiger partial charge in [0.05, 0.1) is 11.8 Å². The molecular weight excluding hydrogens is 517 g/mol. The normalized spacial score (nSPS) is 14.0. The van der Waals surface area contributed by atoms with E-state index in [1.165, 1.54) is 6.33 Å². The lowest BCUT2D eigenvalue weighted by Gasteiger charge is -2.17. The monoisotopic (exact) mass is 548 g/mol. The first kappa shape index (κ1) is 27.5. The number of alkyl halides is 3. The molecular formula is C30H31F3N6O. The summed E-state index contributed by atoms with van der Waals surface area (Å²) in [5.41, 5.74) is 3.08. The molecule has 7 nitrogen and oxygen atoms in total. The Labute approximate surface area is 231 Å². The number of ketones is 1. The molecule has 0 bridgehead atoms. The van der Waals surface area contributed by atoms with Crippen LogP contribution in [0.3, 0.4) is 0 Å². The van der Waals surface area contributed by atoms with E-state index in [4.69, 9.17) is 0 Å². The topological polar surface area (TPSA) is 75.9 Å². The van der Waals surface area contributed by atoms with Crippen LogP contribution >= 0.6 is 0 Å². The molecule has 3 heterocycles. The molecule has 0 aliphatic carbocycles. The van der Waals surface area contributed by atoms with Crippen LogP contribution in [0, 0.1) is 6.92 Å². The second-order valence-electron chi connectivity index (χ2n) is 10.1. The Morgan fingerprint density at radius 3 is 2.55 bits per heavy atom. The number of nitrogens with zero attached hydrogens (tertiary/aromatic N) is 5. The SMILES string of the molecule is CCc1cc(-n2nccc2Nc2cc(CC(=O)c3cc(CN4CCCC4)cc(C(F)(F)F)c3)ccc2C)ncn1. The fourth-order valence-electron chi connectivity index (χ4n) is 4.92. The van der Waals surface area contributed by atoms with Gasteiger partial charge in [-0.2, -0.15) is 23.0 Å². The molecule has 208 valence electrons. The smallest absolute Gasteiger partial charge is 0.340 e. The van der Waals surface area contributed by atoms with E-state index in [0.717, 1.165) is 61.4 Å². The number of benzene rings is 2. The van der Waals surface area contributed by atoms with Crippen LogP contribution in [-0.2, 0) is 25.6 Å². The Morgan fingerprint density at radius 2 is 1.80 bits per heavy atom. The minimum absolute atomic E-state index is 0.0234. The van der Waals surface area contributed by atoms with Gasteiger partial charge < -0.3 is 5.32 Å². The molecule has 1 saturated heterocycles. The van der Waals surface area contributed by atoms with E-state index in [1.54, 1.807) is 16.9 Å². The van der Waals surface area contributed by atoms with Crippen molar-refractivity contribution in [3.05, 3.63) is 94.6 Å². The van der Waals surface area contributed by atoms with Gasteiger partial charge in [-0.05, 0) is 80.2 Å². The second kappa shape index (κ2) is 11.6. The molecule has 1 aliphatic rings. The summed E-state index contributed by atoms with van der Waals surface area (Å²) in [5.74, 6) is 0.941. The second-order valence-corrected chi connectivity index (χ2v) is 10.1. The molecule has 10 heteroatoms. The first-order valence-corrected chi connectivity index (χ1v) is 13.4. The van der Waals surface area contributed by atoms with Gasteiger partial charge in [0, 0.05) is 42.0 Å². The molecule has 0 radical (unpaired) electrons. The molecule has 5 rings (SSSR count). The van der Waals surface area contributed by atoms with E-state index in [9.17, 15) is 18.0 Å². The van der Waals surface area contributed by atoms with E-state index >= 15 is 0 Å². The van der Waals surface area contributed by atoms with Gasteiger partial charge in [0.2, 0.25) is 0 Å². The highest BCUT2D eigenvalue weighted by atomic mass is 19.4. The first-order chi connectivity index (χ1) is 19.2. The lowest BCUT2D eigenvalue weighted by atomic mass is 9.97. The number of rotatable bonds is 9. The Kier molecular flexibility index (Phi) is 7.97. The molecule has 1 fully saturated rings. The van der Waals surface area contributed by atoms with Gasteiger partial charge in [0.1, 0.15) is 12.1 Å². The minimum Gasteiger partial charge on any atom is -0.340 e. The van der Waals surface area contributed by atoms with E-state index in [2.05, 4.69) is 25.3 Å². The molecule has 1 aliphatic heterocycles. The highest BCUT2D eigenvalue weighted by molar-refractivity contribution is 5.98. The number of aromatic nitrogens is 4. The number of Topliss-reactive ketones (excluding diaryl/α,β-unsaturated/α-hetero) is 1. The van der Waals surface area contributed by atoms with E-state index in [-0.39, 0.29) is 17.8 Å². The number of hydrogen-bond acceptors (Lipinski definition) is 6. The van der Waals surface area contributed by atoms with Crippen molar-refractivity contribution < 1.29 is 18.0 Å². The Bertz CT molecular complexity index is 1510. The maximum atomic E-state index is 13.7. The minimum atomic E-state index is -4.53. The number of nitrogens with one attached hydrogen (secondary N) is 1. The number of halogens is 3. The molecule has 4 aromatic rings. The van der Waals surface area contributed by atoms with Crippen molar-refractivity contribution >= 4 is 17.3 Å². The number of carbonyl (C=O) groups excluding carboxylic acids is 1. The van der Waals surface area contributed by atoms with Gasteiger partial charge in [0.25, 0.3) is 0 Å².